The van der Waals surface area contributed by atoms with Crippen molar-refractivity contribution in [1.82, 2.24) is 9.97 Å². The highest BCUT2D eigenvalue weighted by Crippen LogP contribution is 2.17. The van der Waals surface area contributed by atoms with Gasteiger partial charge in [0, 0.05) is 17.8 Å². The highest BCUT2D eigenvalue weighted by Gasteiger charge is 2.12. The third kappa shape index (κ3) is 1.59. The molecule has 0 spiro atoms. The summed E-state index contributed by atoms with van der Waals surface area (Å²) in [6, 6.07) is 3.35. The van der Waals surface area contributed by atoms with E-state index in [9.17, 15) is 4.79 Å². The summed E-state index contributed by atoms with van der Waals surface area (Å²) < 4.78 is 4.59. The molecule has 2 aromatic rings. The van der Waals surface area contributed by atoms with Crippen molar-refractivity contribution in [2.75, 3.05) is 12.8 Å². The fourth-order valence-corrected chi connectivity index (χ4v) is 1.31. The van der Waals surface area contributed by atoms with E-state index < -0.39 is 5.97 Å². The highest BCUT2D eigenvalue weighted by molar-refractivity contribution is 5.98. The van der Waals surface area contributed by atoms with Crippen molar-refractivity contribution < 1.29 is 9.53 Å². The number of ether oxygens (including phenoxy) is 1. The minimum Gasteiger partial charge on any atom is -0.465 e. The summed E-state index contributed by atoms with van der Waals surface area (Å²) in [5, 5.41) is 0.757. The zero-order chi connectivity index (χ0) is 10.8. The van der Waals surface area contributed by atoms with Crippen LogP contribution in [0, 0.1) is 0 Å². The first kappa shape index (κ1) is 9.39. The molecule has 0 fully saturated rings. The van der Waals surface area contributed by atoms with Gasteiger partial charge in [-0.15, -0.1) is 0 Å². The molecule has 0 bridgehead atoms. The minimum atomic E-state index is -0.495. The number of nitrogens with two attached hydrogens (primary N) is 1. The largest absolute Gasteiger partial charge is 0.465 e. The Balaban J connectivity index is 2.67. The molecule has 0 atom stereocenters. The Labute approximate surface area is 85.9 Å². The van der Waals surface area contributed by atoms with Crippen molar-refractivity contribution in [3.63, 3.8) is 0 Å². The molecule has 0 unspecified atom stereocenters. The molecule has 76 valence electrons. The van der Waals surface area contributed by atoms with Gasteiger partial charge in [0.15, 0.2) is 0 Å². The predicted molar refractivity (Wildman–Crippen MR) is 55.3 cm³/mol. The lowest BCUT2D eigenvalue weighted by Crippen LogP contribution is -2.07. The van der Waals surface area contributed by atoms with E-state index in [0.717, 1.165) is 5.39 Å². The molecule has 0 aliphatic carbocycles. The van der Waals surface area contributed by atoms with Gasteiger partial charge in [-0.1, -0.05) is 0 Å². The average molecular weight is 203 g/mol. The number of hydrogen-bond donors (Lipinski definition) is 1. The molecule has 2 rings (SSSR count). The van der Waals surface area contributed by atoms with Crippen molar-refractivity contribution in [2.45, 2.75) is 0 Å². The standard InChI is InChI=1S/C10H9N3O2/c1-15-10(14)7-4-6-5-12-3-2-8(6)13-9(7)11/h2-5H,1H3,(H2,11,13). The molecule has 0 aromatic carbocycles. The summed E-state index contributed by atoms with van der Waals surface area (Å²) in [4.78, 5) is 19.3. The maximum atomic E-state index is 11.3. The summed E-state index contributed by atoms with van der Waals surface area (Å²) in [6.45, 7) is 0. The van der Waals surface area contributed by atoms with Crippen LogP contribution in [-0.2, 0) is 4.74 Å². The summed E-state index contributed by atoms with van der Waals surface area (Å²) in [5.41, 5.74) is 6.60. The molecule has 5 nitrogen and oxygen atoms in total. The molecule has 2 N–H and O–H groups in total. The fourth-order valence-electron chi connectivity index (χ4n) is 1.31. The van der Waals surface area contributed by atoms with Crippen LogP contribution in [0.1, 0.15) is 10.4 Å². The van der Waals surface area contributed by atoms with Gasteiger partial charge in [-0.05, 0) is 12.1 Å². The molecule has 0 radical (unpaired) electrons. The van der Waals surface area contributed by atoms with Crippen LogP contribution in [0.15, 0.2) is 24.5 Å². The smallest absolute Gasteiger partial charge is 0.341 e. The lowest BCUT2D eigenvalue weighted by molar-refractivity contribution is 0.0602. The number of hydrogen-bond acceptors (Lipinski definition) is 5. The minimum absolute atomic E-state index is 0.167. The van der Waals surface area contributed by atoms with Crippen LogP contribution in [0.25, 0.3) is 10.9 Å². The van der Waals surface area contributed by atoms with Crippen LogP contribution in [0.5, 0.6) is 0 Å². The van der Waals surface area contributed by atoms with E-state index >= 15 is 0 Å². The SMILES string of the molecule is COC(=O)c1cc2cnccc2nc1N. The monoisotopic (exact) mass is 203 g/mol. The van der Waals surface area contributed by atoms with Gasteiger partial charge >= 0.3 is 5.97 Å². The Morgan fingerprint density at radius 3 is 3.07 bits per heavy atom. The Kier molecular flexibility index (Phi) is 2.21. The van der Waals surface area contributed by atoms with Crippen LogP contribution in [0.2, 0.25) is 0 Å². The van der Waals surface area contributed by atoms with Gasteiger partial charge in [0.1, 0.15) is 11.4 Å². The molecule has 2 heterocycles. The number of esters is 1. The first-order valence-electron chi connectivity index (χ1n) is 4.31. The number of nitrogens with zero attached hydrogens (tertiary/aromatic N) is 2. The van der Waals surface area contributed by atoms with E-state index in [1.54, 1.807) is 24.5 Å². The van der Waals surface area contributed by atoms with Gasteiger partial charge in [0.2, 0.25) is 0 Å². The number of nitrogen functional groups attached to an aromatic ring is 1. The molecular weight excluding hydrogens is 194 g/mol. The second-order valence-corrected chi connectivity index (χ2v) is 2.98. The zero-order valence-electron chi connectivity index (χ0n) is 8.10. The van der Waals surface area contributed by atoms with Crippen molar-refractivity contribution in [3.8, 4) is 0 Å². The predicted octanol–water partition coefficient (Wildman–Crippen LogP) is 0.999. The van der Waals surface area contributed by atoms with Crippen LogP contribution in [-0.4, -0.2) is 23.0 Å². The molecule has 5 heteroatoms. The first-order chi connectivity index (χ1) is 7.22. The van der Waals surface area contributed by atoms with Gasteiger partial charge in [-0.2, -0.15) is 0 Å². The maximum absolute atomic E-state index is 11.3. The van der Waals surface area contributed by atoms with Crippen molar-refractivity contribution in [3.05, 3.63) is 30.1 Å². The van der Waals surface area contributed by atoms with Crippen molar-refractivity contribution in [2.24, 2.45) is 0 Å². The summed E-state index contributed by atoms with van der Waals surface area (Å²) in [7, 11) is 1.30. The van der Waals surface area contributed by atoms with Crippen LogP contribution >= 0.6 is 0 Å². The Morgan fingerprint density at radius 1 is 1.53 bits per heavy atom. The number of pyridine rings is 2. The van der Waals surface area contributed by atoms with Gasteiger partial charge in [-0.3, -0.25) is 4.98 Å². The topological polar surface area (TPSA) is 78.1 Å². The zero-order valence-corrected chi connectivity index (χ0v) is 8.10. The Bertz CT molecular complexity index is 525. The lowest BCUT2D eigenvalue weighted by Gasteiger charge is -2.04. The fraction of sp³-hybridized carbons (Fsp3) is 0.100. The van der Waals surface area contributed by atoms with Crippen LogP contribution < -0.4 is 5.73 Å². The van der Waals surface area contributed by atoms with Crippen molar-refractivity contribution in [1.29, 1.82) is 0 Å². The number of rotatable bonds is 1. The summed E-state index contributed by atoms with van der Waals surface area (Å²) in [6.07, 6.45) is 3.24. The molecule has 0 saturated heterocycles. The van der Waals surface area contributed by atoms with E-state index in [4.69, 9.17) is 5.73 Å². The van der Waals surface area contributed by atoms with Crippen LogP contribution in [0.4, 0.5) is 5.82 Å². The Morgan fingerprint density at radius 2 is 2.33 bits per heavy atom. The van der Waals surface area contributed by atoms with E-state index in [2.05, 4.69) is 14.7 Å². The van der Waals surface area contributed by atoms with Gasteiger partial charge in [0.25, 0.3) is 0 Å². The maximum Gasteiger partial charge on any atom is 0.341 e. The van der Waals surface area contributed by atoms with Crippen LogP contribution in [0.3, 0.4) is 0 Å². The molecule has 15 heavy (non-hydrogen) atoms. The number of anilines is 1. The lowest BCUT2D eigenvalue weighted by atomic mass is 10.2. The molecule has 0 saturated carbocycles. The summed E-state index contributed by atoms with van der Waals surface area (Å²) in [5.74, 6) is -0.327. The first-order valence-corrected chi connectivity index (χ1v) is 4.31. The number of methoxy groups -OCH3 is 1. The molecule has 0 aliphatic rings. The number of fused-ring (bicyclic) bond motifs is 1. The van der Waals surface area contributed by atoms with E-state index in [1.807, 2.05) is 0 Å². The molecule has 0 aliphatic heterocycles. The average Bonchev–Trinajstić information content (AvgIpc) is 2.27. The van der Waals surface area contributed by atoms with E-state index in [0.29, 0.717) is 5.52 Å². The van der Waals surface area contributed by atoms with Gasteiger partial charge in [-0.25, -0.2) is 9.78 Å². The summed E-state index contributed by atoms with van der Waals surface area (Å²) >= 11 is 0. The van der Waals surface area contributed by atoms with Crippen molar-refractivity contribution >= 4 is 22.7 Å². The molecule has 2 aromatic heterocycles. The van der Waals surface area contributed by atoms with E-state index in [1.165, 1.54) is 7.11 Å². The number of carbonyl (C=O) groups is 1. The molecule has 0 amide bonds. The second kappa shape index (κ2) is 3.53. The number of carbonyl (C=O) groups excluding carboxylic acids is 1. The van der Waals surface area contributed by atoms with Gasteiger partial charge in [0.05, 0.1) is 12.6 Å². The molecular formula is C10H9N3O2. The number of aromatic nitrogens is 2. The quantitative estimate of drug-likeness (QED) is 0.699. The van der Waals surface area contributed by atoms with E-state index in [-0.39, 0.29) is 11.4 Å². The third-order valence-electron chi connectivity index (χ3n) is 2.05. The normalized spacial score (nSPS) is 10.2. The van der Waals surface area contributed by atoms with Gasteiger partial charge < -0.3 is 10.5 Å². The Hall–Kier alpha value is -2.17. The third-order valence-corrected chi connectivity index (χ3v) is 2.05. The second-order valence-electron chi connectivity index (χ2n) is 2.98. The highest BCUT2D eigenvalue weighted by atomic mass is 16.5.